The Labute approximate surface area is 79.0 Å². The highest BCUT2D eigenvalue weighted by atomic mass is 16.5. The third-order valence-electron chi connectivity index (χ3n) is 2.60. The Hall–Kier alpha value is -0.610. The smallest absolute Gasteiger partial charge is 0.100 e. The van der Waals surface area contributed by atoms with E-state index in [2.05, 4.69) is 22.3 Å². The van der Waals surface area contributed by atoms with Crippen molar-refractivity contribution >= 4 is 5.84 Å². The Morgan fingerprint density at radius 2 is 2.62 bits per heavy atom. The van der Waals surface area contributed by atoms with Gasteiger partial charge in [-0.25, -0.2) is 0 Å². The molecule has 0 aromatic heterocycles. The summed E-state index contributed by atoms with van der Waals surface area (Å²) in [6.45, 7) is 4.68. The molecule has 1 atom stereocenters. The first kappa shape index (κ1) is 8.97. The zero-order chi connectivity index (χ0) is 9.10. The van der Waals surface area contributed by atoms with Crippen LogP contribution in [0.5, 0.6) is 0 Å². The van der Waals surface area contributed by atoms with Gasteiger partial charge in [0.2, 0.25) is 0 Å². The molecule has 13 heavy (non-hydrogen) atoms. The molecule has 4 heteroatoms. The summed E-state index contributed by atoms with van der Waals surface area (Å²) in [7, 11) is 2.11. The molecule has 0 aliphatic carbocycles. The van der Waals surface area contributed by atoms with Crippen LogP contribution in [0.2, 0.25) is 0 Å². The fourth-order valence-corrected chi connectivity index (χ4v) is 1.77. The second kappa shape index (κ2) is 4.07. The normalized spacial score (nSPS) is 29.2. The quantitative estimate of drug-likeness (QED) is 0.639. The van der Waals surface area contributed by atoms with Crippen LogP contribution in [-0.4, -0.2) is 56.7 Å². The minimum Gasteiger partial charge on any atom is -0.379 e. The highest BCUT2D eigenvalue weighted by Gasteiger charge is 2.19. The number of morpholine rings is 1. The average Bonchev–Trinajstić information content (AvgIpc) is 2.54. The molecule has 2 heterocycles. The number of nitrogens with one attached hydrogen (secondary N) is 1. The molecule has 0 aromatic rings. The summed E-state index contributed by atoms with van der Waals surface area (Å²) in [4.78, 5) is 6.69. The van der Waals surface area contributed by atoms with E-state index < -0.39 is 0 Å². The maximum absolute atomic E-state index is 5.39. The maximum Gasteiger partial charge on any atom is 0.100 e. The number of aliphatic imine (C=N–C) groups is 1. The Kier molecular flexibility index (Phi) is 2.80. The molecular formula is C9H17N3O. The first-order valence-electron chi connectivity index (χ1n) is 4.92. The summed E-state index contributed by atoms with van der Waals surface area (Å²) in [5.41, 5.74) is 0. The first-order valence-corrected chi connectivity index (χ1v) is 4.92. The summed E-state index contributed by atoms with van der Waals surface area (Å²) in [5.74, 6) is 1.23. The van der Waals surface area contributed by atoms with E-state index >= 15 is 0 Å². The van der Waals surface area contributed by atoms with Crippen molar-refractivity contribution in [3.63, 3.8) is 0 Å². The molecule has 0 spiro atoms. The van der Waals surface area contributed by atoms with Crippen molar-refractivity contribution in [2.75, 3.05) is 39.9 Å². The summed E-state index contributed by atoms with van der Waals surface area (Å²) in [6.07, 6.45) is 1.01. The van der Waals surface area contributed by atoms with E-state index in [-0.39, 0.29) is 0 Å². The standard InChI is InChI=1S/C9H17N3O/c1-12-4-2-11-9(12)6-8-7-13-5-3-10-8/h8,10H,2-7H2,1H3. The van der Waals surface area contributed by atoms with Gasteiger partial charge in [-0.15, -0.1) is 0 Å². The van der Waals surface area contributed by atoms with E-state index in [4.69, 9.17) is 4.74 Å². The van der Waals surface area contributed by atoms with Crippen LogP contribution < -0.4 is 5.32 Å². The van der Waals surface area contributed by atoms with Gasteiger partial charge >= 0.3 is 0 Å². The lowest BCUT2D eigenvalue weighted by molar-refractivity contribution is 0.0784. The third-order valence-corrected chi connectivity index (χ3v) is 2.60. The predicted octanol–water partition coefficient (Wildman–Crippen LogP) is -0.291. The molecule has 2 aliphatic rings. The van der Waals surface area contributed by atoms with Crippen LogP contribution in [-0.2, 0) is 4.74 Å². The van der Waals surface area contributed by atoms with Gasteiger partial charge in [0, 0.05) is 32.6 Å². The second-order valence-electron chi connectivity index (χ2n) is 3.65. The van der Waals surface area contributed by atoms with Crippen LogP contribution in [0.3, 0.4) is 0 Å². The van der Waals surface area contributed by atoms with Gasteiger partial charge in [0.1, 0.15) is 5.84 Å². The van der Waals surface area contributed by atoms with Crippen LogP contribution >= 0.6 is 0 Å². The van der Waals surface area contributed by atoms with Gasteiger partial charge in [-0.2, -0.15) is 0 Å². The lowest BCUT2D eigenvalue weighted by Crippen LogP contribution is -2.43. The van der Waals surface area contributed by atoms with Gasteiger partial charge in [0.05, 0.1) is 19.8 Å². The predicted molar refractivity (Wildman–Crippen MR) is 52.2 cm³/mol. The topological polar surface area (TPSA) is 36.9 Å². The molecule has 0 saturated carbocycles. The molecule has 0 radical (unpaired) electrons. The summed E-state index contributed by atoms with van der Waals surface area (Å²) in [6, 6.07) is 0.466. The van der Waals surface area contributed by atoms with Gasteiger partial charge in [-0.1, -0.05) is 0 Å². The number of likely N-dealkylation sites (N-methyl/N-ethyl adjacent to an activating group) is 1. The minimum absolute atomic E-state index is 0.466. The van der Waals surface area contributed by atoms with Gasteiger partial charge in [0.25, 0.3) is 0 Å². The van der Waals surface area contributed by atoms with Gasteiger partial charge in [-0.05, 0) is 0 Å². The lowest BCUT2D eigenvalue weighted by Gasteiger charge is -2.25. The zero-order valence-electron chi connectivity index (χ0n) is 8.12. The van der Waals surface area contributed by atoms with Crippen molar-refractivity contribution in [1.82, 2.24) is 10.2 Å². The van der Waals surface area contributed by atoms with Gasteiger partial charge < -0.3 is 15.0 Å². The van der Waals surface area contributed by atoms with Gasteiger partial charge in [-0.3, -0.25) is 4.99 Å². The highest BCUT2D eigenvalue weighted by molar-refractivity contribution is 5.84. The largest absolute Gasteiger partial charge is 0.379 e. The van der Waals surface area contributed by atoms with Crippen molar-refractivity contribution in [3.05, 3.63) is 0 Å². The van der Waals surface area contributed by atoms with Crippen LogP contribution in [0.1, 0.15) is 6.42 Å². The van der Waals surface area contributed by atoms with Crippen LogP contribution in [0.25, 0.3) is 0 Å². The second-order valence-corrected chi connectivity index (χ2v) is 3.65. The van der Waals surface area contributed by atoms with Crippen LogP contribution in [0, 0.1) is 0 Å². The molecule has 74 valence electrons. The van der Waals surface area contributed by atoms with E-state index in [1.165, 1.54) is 5.84 Å². The number of hydrogen-bond acceptors (Lipinski definition) is 4. The van der Waals surface area contributed by atoms with E-state index in [1.807, 2.05) is 0 Å². The fourth-order valence-electron chi connectivity index (χ4n) is 1.77. The van der Waals surface area contributed by atoms with E-state index in [0.29, 0.717) is 6.04 Å². The monoisotopic (exact) mass is 183 g/mol. The van der Waals surface area contributed by atoms with E-state index in [1.54, 1.807) is 0 Å². The van der Waals surface area contributed by atoms with Crippen molar-refractivity contribution < 1.29 is 4.74 Å². The Morgan fingerprint density at radius 1 is 1.69 bits per heavy atom. The van der Waals surface area contributed by atoms with E-state index in [9.17, 15) is 0 Å². The summed E-state index contributed by atoms with van der Waals surface area (Å²) < 4.78 is 5.39. The third kappa shape index (κ3) is 2.19. The van der Waals surface area contributed by atoms with Crippen molar-refractivity contribution in [3.8, 4) is 0 Å². The average molecular weight is 183 g/mol. The van der Waals surface area contributed by atoms with Crippen LogP contribution in [0.15, 0.2) is 4.99 Å². The number of ether oxygens (including phenoxy) is 1. The number of rotatable bonds is 2. The van der Waals surface area contributed by atoms with Crippen molar-refractivity contribution in [2.24, 2.45) is 4.99 Å². The molecule has 1 N–H and O–H groups in total. The molecule has 1 fully saturated rings. The number of nitrogens with zero attached hydrogens (tertiary/aromatic N) is 2. The molecule has 0 bridgehead atoms. The molecule has 0 amide bonds. The van der Waals surface area contributed by atoms with Gasteiger partial charge in [0.15, 0.2) is 0 Å². The molecule has 2 rings (SSSR count). The number of amidine groups is 1. The molecular weight excluding hydrogens is 166 g/mol. The molecule has 2 aliphatic heterocycles. The van der Waals surface area contributed by atoms with Crippen LogP contribution in [0.4, 0.5) is 0 Å². The lowest BCUT2D eigenvalue weighted by atomic mass is 10.2. The molecule has 1 saturated heterocycles. The van der Waals surface area contributed by atoms with Crippen molar-refractivity contribution in [1.29, 1.82) is 0 Å². The Morgan fingerprint density at radius 3 is 3.23 bits per heavy atom. The zero-order valence-corrected chi connectivity index (χ0v) is 8.12. The Balaban J connectivity index is 1.82. The highest BCUT2D eigenvalue weighted by Crippen LogP contribution is 2.07. The molecule has 1 unspecified atom stereocenters. The SMILES string of the molecule is CN1CCN=C1CC1COCCN1. The fraction of sp³-hybridized carbons (Fsp3) is 0.889. The van der Waals surface area contributed by atoms with Crippen molar-refractivity contribution in [2.45, 2.75) is 12.5 Å². The minimum atomic E-state index is 0.466. The maximum atomic E-state index is 5.39. The Bertz CT molecular complexity index is 199. The number of hydrogen-bond donors (Lipinski definition) is 1. The molecule has 0 aromatic carbocycles. The van der Waals surface area contributed by atoms with E-state index in [0.717, 1.165) is 39.3 Å². The molecule has 4 nitrogen and oxygen atoms in total. The summed E-state index contributed by atoms with van der Waals surface area (Å²) >= 11 is 0. The summed E-state index contributed by atoms with van der Waals surface area (Å²) in [5, 5.41) is 3.43. The first-order chi connectivity index (χ1) is 6.36.